The molecule has 1 heterocycles. The normalized spacial score (nSPS) is 11.1. The summed E-state index contributed by atoms with van der Waals surface area (Å²) in [4.78, 5) is 8.94. The van der Waals surface area contributed by atoms with Crippen molar-refractivity contribution in [1.29, 1.82) is 0 Å². The Morgan fingerprint density at radius 1 is 1.47 bits per heavy atom. The van der Waals surface area contributed by atoms with Crippen molar-refractivity contribution in [1.82, 2.24) is 4.98 Å². The first-order chi connectivity index (χ1) is 7.33. The van der Waals surface area contributed by atoms with Crippen LogP contribution in [0.25, 0.3) is 11.1 Å². The second-order valence-corrected chi connectivity index (χ2v) is 2.77. The van der Waals surface area contributed by atoms with E-state index in [0.717, 1.165) is 5.75 Å². The molecule has 0 unspecified atom stereocenters. The van der Waals surface area contributed by atoms with Gasteiger partial charge in [0.25, 0.3) is 0 Å². The highest BCUT2D eigenvalue weighted by Crippen LogP contribution is 2.24. The predicted octanol–water partition coefficient (Wildman–Crippen LogP) is 2.22. The van der Waals surface area contributed by atoms with Crippen molar-refractivity contribution >= 4 is 17.3 Å². The van der Waals surface area contributed by atoms with E-state index < -0.39 is 0 Å². The van der Waals surface area contributed by atoms with Crippen LogP contribution in [-0.2, 0) is 0 Å². The average molecular weight is 206 g/mol. The van der Waals surface area contributed by atoms with Crippen LogP contribution < -0.4 is 9.57 Å². The van der Waals surface area contributed by atoms with Crippen molar-refractivity contribution in [2.75, 3.05) is 7.11 Å². The summed E-state index contributed by atoms with van der Waals surface area (Å²) in [6, 6.07) is 5.32. The molecule has 0 atom stereocenters. The number of hydrogen-bond acceptors (Lipinski definition) is 5. The number of hydrogen-bond donors (Lipinski definition) is 0. The minimum absolute atomic E-state index is 0.122. The molecule has 2 aromatic rings. The predicted molar refractivity (Wildman–Crippen MR) is 55.4 cm³/mol. The number of methoxy groups -OCH3 is 1. The maximum atomic E-state index is 5.27. The molecule has 0 amide bonds. The van der Waals surface area contributed by atoms with E-state index in [4.69, 9.17) is 14.0 Å². The minimum Gasteiger partial charge on any atom is -0.497 e. The van der Waals surface area contributed by atoms with Gasteiger partial charge in [-0.25, -0.2) is 0 Å². The molecule has 0 aliphatic carbocycles. The molecule has 0 radical (unpaired) electrons. The zero-order valence-corrected chi connectivity index (χ0v) is 8.43. The van der Waals surface area contributed by atoms with Crippen LogP contribution in [0.5, 0.6) is 11.8 Å². The second-order valence-electron chi connectivity index (χ2n) is 2.77. The first-order valence-corrected chi connectivity index (χ1v) is 4.43. The Morgan fingerprint density at radius 3 is 3.07 bits per heavy atom. The van der Waals surface area contributed by atoms with Crippen molar-refractivity contribution in [3.8, 4) is 11.8 Å². The Labute approximate surface area is 86.3 Å². The number of ether oxygens (including phenoxy) is 1. The Morgan fingerprint density at radius 2 is 2.33 bits per heavy atom. The summed E-state index contributed by atoms with van der Waals surface area (Å²) in [7, 11) is 1.60. The Hall–Kier alpha value is -2.04. The van der Waals surface area contributed by atoms with Crippen LogP contribution in [0.4, 0.5) is 0 Å². The van der Waals surface area contributed by atoms with Gasteiger partial charge in [-0.1, -0.05) is 5.16 Å². The van der Waals surface area contributed by atoms with Crippen molar-refractivity contribution in [3.63, 3.8) is 0 Å². The standard InChI is InChI=1S/C10H10N2O3/c1-3-11-15-10-12-8-6-7(13-2)4-5-9(8)14-10/h3-6H,1-2H3/b11-3+. The number of oxime groups is 1. The molecule has 1 aromatic carbocycles. The van der Waals surface area contributed by atoms with Gasteiger partial charge in [-0.2, -0.15) is 4.98 Å². The topological polar surface area (TPSA) is 56.9 Å². The summed E-state index contributed by atoms with van der Waals surface area (Å²) in [5.74, 6) is 0.723. The summed E-state index contributed by atoms with van der Waals surface area (Å²) in [5.41, 5.74) is 1.31. The maximum absolute atomic E-state index is 5.27. The highest BCUT2D eigenvalue weighted by Gasteiger charge is 2.07. The molecule has 0 fully saturated rings. The molecular weight excluding hydrogens is 196 g/mol. The lowest BCUT2D eigenvalue weighted by Gasteiger charge is -1.95. The Kier molecular flexibility index (Phi) is 2.53. The zero-order valence-electron chi connectivity index (χ0n) is 8.43. The van der Waals surface area contributed by atoms with E-state index >= 15 is 0 Å². The van der Waals surface area contributed by atoms with Gasteiger partial charge in [-0.05, 0) is 19.1 Å². The van der Waals surface area contributed by atoms with E-state index in [-0.39, 0.29) is 6.08 Å². The van der Waals surface area contributed by atoms with Gasteiger partial charge in [-0.3, -0.25) is 4.84 Å². The van der Waals surface area contributed by atoms with Crippen LogP contribution in [0.3, 0.4) is 0 Å². The lowest BCUT2D eigenvalue weighted by molar-refractivity contribution is 0.251. The van der Waals surface area contributed by atoms with Crippen LogP contribution in [0.2, 0.25) is 0 Å². The first kappa shape index (κ1) is 9.51. The minimum atomic E-state index is 0.122. The van der Waals surface area contributed by atoms with Gasteiger partial charge in [0.05, 0.1) is 7.11 Å². The molecule has 2 rings (SSSR count). The van der Waals surface area contributed by atoms with Gasteiger partial charge in [0.1, 0.15) is 11.3 Å². The second kappa shape index (κ2) is 4.00. The molecule has 78 valence electrons. The molecule has 1 aromatic heterocycles. The van der Waals surface area contributed by atoms with E-state index in [2.05, 4.69) is 10.1 Å². The van der Waals surface area contributed by atoms with Crippen LogP contribution >= 0.6 is 0 Å². The maximum Gasteiger partial charge on any atom is 0.421 e. The van der Waals surface area contributed by atoms with Crippen LogP contribution in [0.15, 0.2) is 27.8 Å². The van der Waals surface area contributed by atoms with Crippen LogP contribution in [0.1, 0.15) is 6.92 Å². The molecule has 0 saturated carbocycles. The fourth-order valence-electron chi connectivity index (χ4n) is 1.15. The van der Waals surface area contributed by atoms with Gasteiger partial charge in [0.2, 0.25) is 0 Å². The summed E-state index contributed by atoms with van der Waals surface area (Å²) in [6.07, 6.45) is 1.63. The number of nitrogens with zero attached hydrogens (tertiary/aromatic N) is 2. The van der Waals surface area contributed by atoms with E-state index in [1.54, 1.807) is 32.2 Å². The SMILES string of the molecule is C/C=N/Oc1nc2cc(OC)ccc2o1. The van der Waals surface area contributed by atoms with Gasteiger partial charge in [0, 0.05) is 12.3 Å². The lowest BCUT2D eigenvalue weighted by atomic mass is 10.3. The number of rotatable bonds is 3. The molecule has 0 bridgehead atoms. The van der Waals surface area contributed by atoms with E-state index in [1.807, 2.05) is 0 Å². The molecule has 5 heteroatoms. The van der Waals surface area contributed by atoms with Gasteiger partial charge in [0.15, 0.2) is 5.58 Å². The molecule has 0 saturated heterocycles. The third-order valence-electron chi connectivity index (χ3n) is 1.81. The van der Waals surface area contributed by atoms with Crippen molar-refractivity contribution in [2.24, 2.45) is 5.16 Å². The fourth-order valence-corrected chi connectivity index (χ4v) is 1.15. The molecular formula is C10H10N2O3. The van der Waals surface area contributed by atoms with Crippen molar-refractivity contribution < 1.29 is 14.0 Å². The number of aromatic nitrogens is 1. The Balaban J connectivity index is 2.37. The van der Waals surface area contributed by atoms with Gasteiger partial charge >= 0.3 is 6.08 Å². The lowest BCUT2D eigenvalue weighted by Crippen LogP contribution is -1.82. The third-order valence-corrected chi connectivity index (χ3v) is 1.81. The number of benzene rings is 1. The average Bonchev–Trinajstić information content (AvgIpc) is 2.67. The largest absolute Gasteiger partial charge is 0.497 e. The van der Waals surface area contributed by atoms with Crippen molar-refractivity contribution in [3.05, 3.63) is 18.2 Å². The van der Waals surface area contributed by atoms with Crippen LogP contribution in [-0.4, -0.2) is 18.3 Å². The summed E-state index contributed by atoms with van der Waals surface area (Å²) < 4.78 is 10.3. The zero-order chi connectivity index (χ0) is 10.7. The summed E-state index contributed by atoms with van der Waals surface area (Å²) >= 11 is 0. The molecule has 15 heavy (non-hydrogen) atoms. The molecule has 0 N–H and O–H groups in total. The van der Waals surface area contributed by atoms with Gasteiger partial charge < -0.3 is 9.15 Å². The smallest absolute Gasteiger partial charge is 0.421 e. The van der Waals surface area contributed by atoms with E-state index in [0.29, 0.717) is 11.1 Å². The van der Waals surface area contributed by atoms with Gasteiger partial charge in [-0.15, -0.1) is 0 Å². The summed E-state index contributed by atoms with van der Waals surface area (Å²) in [5, 5.41) is 3.57. The highest BCUT2D eigenvalue weighted by molar-refractivity contribution is 5.74. The van der Waals surface area contributed by atoms with Crippen LogP contribution in [0, 0.1) is 0 Å². The third kappa shape index (κ3) is 1.90. The summed E-state index contributed by atoms with van der Waals surface area (Å²) in [6.45, 7) is 1.74. The number of oxazole rings is 1. The molecule has 0 aliphatic heterocycles. The van der Waals surface area contributed by atoms with E-state index in [1.165, 1.54) is 6.21 Å². The molecule has 0 aliphatic rings. The quantitative estimate of drug-likeness (QED) is 0.570. The molecule has 0 spiro atoms. The Bertz CT molecular complexity index is 490. The van der Waals surface area contributed by atoms with Crippen molar-refractivity contribution in [2.45, 2.75) is 6.92 Å². The van der Waals surface area contributed by atoms with E-state index in [9.17, 15) is 0 Å². The first-order valence-electron chi connectivity index (χ1n) is 4.43. The number of fused-ring (bicyclic) bond motifs is 1. The fraction of sp³-hybridized carbons (Fsp3) is 0.200. The molecule has 5 nitrogen and oxygen atoms in total. The monoisotopic (exact) mass is 206 g/mol. The highest BCUT2D eigenvalue weighted by atomic mass is 16.7.